The molecule has 1 aliphatic heterocycles. The highest BCUT2D eigenvalue weighted by Crippen LogP contribution is 2.21. The van der Waals surface area contributed by atoms with Crippen LogP contribution in [0, 0.1) is 0 Å². The van der Waals surface area contributed by atoms with Crippen molar-refractivity contribution in [3.05, 3.63) is 24.3 Å². The molecule has 0 aromatic carbocycles. The van der Waals surface area contributed by atoms with E-state index in [2.05, 4.69) is 25.3 Å². The molecule has 23 heavy (non-hydrogen) atoms. The maximum Gasteiger partial charge on any atom is 0.224 e. The monoisotopic (exact) mass is 319 g/mol. The first kappa shape index (κ1) is 15.6. The Kier molecular flexibility index (Phi) is 4.65. The summed E-state index contributed by atoms with van der Waals surface area (Å²) in [6.45, 7) is 6.18. The summed E-state index contributed by atoms with van der Waals surface area (Å²) < 4.78 is 7.39. The van der Waals surface area contributed by atoms with E-state index in [0.717, 1.165) is 5.82 Å². The summed E-state index contributed by atoms with van der Waals surface area (Å²) >= 11 is 0. The standard InChI is InChI=1S/C14H21N7O2/c1-10(2)13-17-14(19-18-13)11-7-20(5-6-23-11)12(22)3-4-21-9-15-8-16-21/h8-11H,3-7H2,1-2H3,(H,17,18,19)/t11-/m1/s1. The fourth-order valence-electron chi connectivity index (χ4n) is 2.45. The van der Waals surface area contributed by atoms with Crippen molar-refractivity contribution in [2.45, 2.75) is 38.8 Å². The first-order chi connectivity index (χ1) is 11.1. The number of H-pyrrole nitrogens is 1. The summed E-state index contributed by atoms with van der Waals surface area (Å²) in [5.74, 6) is 1.78. The van der Waals surface area contributed by atoms with E-state index in [4.69, 9.17) is 4.74 Å². The second-order valence-electron chi connectivity index (χ2n) is 5.84. The lowest BCUT2D eigenvalue weighted by Gasteiger charge is -2.31. The molecule has 9 nitrogen and oxygen atoms in total. The Labute approximate surface area is 134 Å². The molecule has 0 spiro atoms. The molecule has 1 fully saturated rings. The van der Waals surface area contributed by atoms with E-state index in [0.29, 0.717) is 38.5 Å². The number of morpholine rings is 1. The smallest absolute Gasteiger partial charge is 0.224 e. The van der Waals surface area contributed by atoms with Gasteiger partial charge in [-0.1, -0.05) is 13.8 Å². The minimum atomic E-state index is -0.251. The maximum atomic E-state index is 12.3. The molecule has 1 atom stereocenters. The zero-order valence-corrected chi connectivity index (χ0v) is 13.3. The maximum absolute atomic E-state index is 12.3. The number of ether oxygens (including phenoxy) is 1. The molecule has 0 saturated carbocycles. The van der Waals surface area contributed by atoms with Crippen molar-refractivity contribution in [3.8, 4) is 0 Å². The van der Waals surface area contributed by atoms with Gasteiger partial charge in [-0.05, 0) is 0 Å². The van der Waals surface area contributed by atoms with Gasteiger partial charge in [-0.15, -0.1) is 0 Å². The summed E-state index contributed by atoms with van der Waals surface area (Å²) in [7, 11) is 0. The summed E-state index contributed by atoms with van der Waals surface area (Å²) in [6.07, 6.45) is 3.21. The fraction of sp³-hybridized carbons (Fsp3) is 0.643. The largest absolute Gasteiger partial charge is 0.367 e. The SMILES string of the molecule is CC(C)c1n[nH]c([C@H]2CN(C(=O)CCn3cncn3)CCO2)n1. The molecule has 2 aromatic heterocycles. The molecule has 9 heteroatoms. The number of nitrogens with one attached hydrogen (secondary N) is 1. The number of rotatable bonds is 5. The van der Waals surface area contributed by atoms with Gasteiger partial charge in [0.25, 0.3) is 0 Å². The van der Waals surface area contributed by atoms with Gasteiger partial charge in [0.2, 0.25) is 5.91 Å². The Hall–Kier alpha value is -2.29. The van der Waals surface area contributed by atoms with Crippen molar-refractivity contribution in [2.24, 2.45) is 0 Å². The van der Waals surface area contributed by atoms with Crippen LogP contribution in [0.3, 0.4) is 0 Å². The number of aromatic nitrogens is 6. The van der Waals surface area contributed by atoms with Gasteiger partial charge in [0.1, 0.15) is 18.8 Å². The van der Waals surface area contributed by atoms with Gasteiger partial charge in [-0.2, -0.15) is 10.2 Å². The van der Waals surface area contributed by atoms with E-state index < -0.39 is 0 Å². The van der Waals surface area contributed by atoms with E-state index in [1.165, 1.54) is 6.33 Å². The molecule has 0 radical (unpaired) electrons. The third-order valence-electron chi connectivity index (χ3n) is 3.78. The molecule has 2 aromatic rings. The van der Waals surface area contributed by atoms with Crippen LogP contribution >= 0.6 is 0 Å². The number of aryl methyl sites for hydroxylation is 1. The van der Waals surface area contributed by atoms with Crippen LogP contribution in [0.15, 0.2) is 12.7 Å². The van der Waals surface area contributed by atoms with E-state index in [9.17, 15) is 4.79 Å². The van der Waals surface area contributed by atoms with Crippen LogP contribution in [0.25, 0.3) is 0 Å². The first-order valence-electron chi connectivity index (χ1n) is 7.77. The van der Waals surface area contributed by atoms with Crippen molar-refractivity contribution in [2.75, 3.05) is 19.7 Å². The summed E-state index contributed by atoms with van der Waals surface area (Å²) in [5, 5.41) is 11.1. The topological polar surface area (TPSA) is 102 Å². The Balaban J connectivity index is 1.57. The number of aromatic amines is 1. The molecule has 124 valence electrons. The molecule has 3 heterocycles. The molecule has 0 aliphatic carbocycles. The first-order valence-corrected chi connectivity index (χ1v) is 7.77. The highest BCUT2D eigenvalue weighted by atomic mass is 16.5. The quantitative estimate of drug-likeness (QED) is 0.861. The van der Waals surface area contributed by atoms with Crippen LogP contribution in [0.2, 0.25) is 0 Å². The number of amides is 1. The normalized spacial score (nSPS) is 18.6. The number of nitrogens with zero attached hydrogens (tertiary/aromatic N) is 6. The molecular weight excluding hydrogens is 298 g/mol. The molecule has 0 unspecified atom stereocenters. The molecule has 1 aliphatic rings. The summed E-state index contributed by atoms with van der Waals surface area (Å²) in [5.41, 5.74) is 0. The van der Waals surface area contributed by atoms with Crippen LogP contribution in [0.4, 0.5) is 0 Å². The zero-order chi connectivity index (χ0) is 16.2. The molecule has 3 rings (SSSR count). The predicted octanol–water partition coefficient (Wildman–Crippen LogP) is 0.510. The Morgan fingerprint density at radius 3 is 3.09 bits per heavy atom. The van der Waals surface area contributed by atoms with Crippen LogP contribution in [0.1, 0.15) is 43.9 Å². The Morgan fingerprint density at radius 2 is 2.39 bits per heavy atom. The van der Waals surface area contributed by atoms with Gasteiger partial charge in [0.15, 0.2) is 11.6 Å². The molecule has 0 bridgehead atoms. The third kappa shape index (κ3) is 3.73. The van der Waals surface area contributed by atoms with Crippen molar-refractivity contribution in [3.63, 3.8) is 0 Å². The lowest BCUT2D eigenvalue weighted by Crippen LogP contribution is -2.42. The number of hydrogen-bond donors (Lipinski definition) is 1. The number of hydrogen-bond acceptors (Lipinski definition) is 6. The van der Waals surface area contributed by atoms with E-state index in [1.54, 1.807) is 11.0 Å². The second-order valence-corrected chi connectivity index (χ2v) is 5.84. The zero-order valence-electron chi connectivity index (χ0n) is 13.3. The van der Waals surface area contributed by atoms with Gasteiger partial charge >= 0.3 is 0 Å². The average Bonchev–Trinajstić information content (AvgIpc) is 3.24. The highest BCUT2D eigenvalue weighted by molar-refractivity contribution is 5.76. The molecule has 1 N–H and O–H groups in total. The van der Waals surface area contributed by atoms with Crippen molar-refractivity contribution in [1.82, 2.24) is 34.8 Å². The second kappa shape index (κ2) is 6.86. The Morgan fingerprint density at radius 1 is 1.52 bits per heavy atom. The fourth-order valence-corrected chi connectivity index (χ4v) is 2.45. The molecular formula is C14H21N7O2. The average molecular weight is 319 g/mol. The third-order valence-corrected chi connectivity index (χ3v) is 3.78. The lowest BCUT2D eigenvalue weighted by atomic mass is 10.2. The van der Waals surface area contributed by atoms with Crippen molar-refractivity contribution in [1.29, 1.82) is 0 Å². The highest BCUT2D eigenvalue weighted by Gasteiger charge is 2.27. The van der Waals surface area contributed by atoms with E-state index >= 15 is 0 Å². The minimum absolute atomic E-state index is 0.0809. The predicted molar refractivity (Wildman–Crippen MR) is 80.4 cm³/mol. The van der Waals surface area contributed by atoms with Crippen molar-refractivity contribution >= 4 is 5.91 Å². The van der Waals surface area contributed by atoms with Gasteiger partial charge in [0.05, 0.1) is 19.7 Å². The number of carbonyl (C=O) groups is 1. The van der Waals surface area contributed by atoms with E-state index in [-0.39, 0.29) is 17.9 Å². The minimum Gasteiger partial charge on any atom is -0.367 e. The molecule has 1 amide bonds. The van der Waals surface area contributed by atoms with E-state index in [1.807, 2.05) is 18.7 Å². The molecule has 1 saturated heterocycles. The summed E-state index contributed by atoms with van der Waals surface area (Å²) in [6, 6.07) is 0. The van der Waals surface area contributed by atoms with Crippen LogP contribution in [-0.4, -0.2) is 60.4 Å². The Bertz CT molecular complexity index is 637. The number of carbonyl (C=O) groups excluding carboxylic acids is 1. The lowest BCUT2D eigenvalue weighted by molar-refractivity contribution is -0.139. The summed E-state index contributed by atoms with van der Waals surface area (Å²) in [4.78, 5) is 22.5. The van der Waals surface area contributed by atoms with Crippen LogP contribution in [-0.2, 0) is 16.1 Å². The van der Waals surface area contributed by atoms with Crippen LogP contribution in [0.5, 0.6) is 0 Å². The van der Waals surface area contributed by atoms with Gasteiger partial charge in [0, 0.05) is 18.9 Å². The van der Waals surface area contributed by atoms with Gasteiger partial charge in [-0.25, -0.2) is 9.97 Å². The van der Waals surface area contributed by atoms with Gasteiger partial charge < -0.3 is 9.64 Å². The van der Waals surface area contributed by atoms with Gasteiger partial charge in [-0.3, -0.25) is 14.6 Å². The van der Waals surface area contributed by atoms with Crippen molar-refractivity contribution < 1.29 is 9.53 Å². The van der Waals surface area contributed by atoms with Crippen LogP contribution < -0.4 is 0 Å².